The van der Waals surface area contributed by atoms with Gasteiger partial charge in [0.1, 0.15) is 23.1 Å². The SMILES string of the molecule is Cl.Fc1cc(F)cc(Oc2cc(-c3ccc[nH]3)[nH]c2C=NC23CC4CC(CC(C4)C2)C3)c1. The molecule has 0 saturated heterocycles. The molecule has 0 spiro atoms. The highest BCUT2D eigenvalue weighted by atomic mass is 35.5. The maximum Gasteiger partial charge on any atom is 0.154 e. The molecule has 0 amide bonds. The molecule has 7 heteroatoms. The van der Waals surface area contributed by atoms with E-state index in [2.05, 4.69) is 9.97 Å². The van der Waals surface area contributed by atoms with Gasteiger partial charge in [-0.2, -0.15) is 0 Å². The van der Waals surface area contributed by atoms with Crippen LogP contribution in [0.5, 0.6) is 11.5 Å². The lowest BCUT2D eigenvalue weighted by Crippen LogP contribution is -2.49. The fraction of sp³-hybridized carbons (Fsp3) is 0.400. The Balaban J connectivity index is 0.00000216. The Kier molecular flexibility index (Phi) is 5.36. The minimum atomic E-state index is -0.668. The van der Waals surface area contributed by atoms with E-state index in [1.807, 2.05) is 30.6 Å². The third-order valence-electron chi connectivity index (χ3n) is 7.24. The van der Waals surface area contributed by atoms with Gasteiger partial charge in [-0.15, -0.1) is 12.4 Å². The first-order chi connectivity index (χ1) is 15.0. The number of benzene rings is 1. The molecule has 0 unspecified atom stereocenters. The number of rotatable bonds is 5. The number of H-pyrrole nitrogens is 2. The van der Waals surface area contributed by atoms with Crippen LogP contribution in [0.25, 0.3) is 11.4 Å². The summed E-state index contributed by atoms with van der Waals surface area (Å²) in [6.45, 7) is 0. The molecule has 2 aromatic heterocycles. The zero-order valence-electron chi connectivity index (χ0n) is 17.6. The summed E-state index contributed by atoms with van der Waals surface area (Å²) in [6, 6.07) is 8.92. The Bertz CT molecular complexity index is 1080. The van der Waals surface area contributed by atoms with E-state index in [-0.39, 0.29) is 23.7 Å². The summed E-state index contributed by atoms with van der Waals surface area (Å²) in [4.78, 5) is 11.7. The van der Waals surface area contributed by atoms with Crippen molar-refractivity contribution >= 4 is 18.6 Å². The molecule has 0 atom stereocenters. The quantitative estimate of drug-likeness (QED) is 0.403. The molecule has 0 aliphatic heterocycles. The van der Waals surface area contributed by atoms with Crippen molar-refractivity contribution in [3.8, 4) is 22.9 Å². The topological polar surface area (TPSA) is 53.2 Å². The molecular formula is C25H26ClF2N3O. The van der Waals surface area contributed by atoms with Crippen molar-refractivity contribution < 1.29 is 13.5 Å². The van der Waals surface area contributed by atoms with Crippen LogP contribution in [0.15, 0.2) is 47.6 Å². The largest absolute Gasteiger partial charge is 0.455 e. The highest BCUT2D eigenvalue weighted by Crippen LogP contribution is 2.57. The van der Waals surface area contributed by atoms with E-state index in [4.69, 9.17) is 9.73 Å². The Morgan fingerprint density at radius 3 is 2.19 bits per heavy atom. The predicted molar refractivity (Wildman–Crippen MR) is 123 cm³/mol. The third-order valence-corrected chi connectivity index (χ3v) is 7.24. The van der Waals surface area contributed by atoms with Crippen LogP contribution in [0.4, 0.5) is 8.78 Å². The maximum atomic E-state index is 13.7. The number of hydrogen-bond acceptors (Lipinski definition) is 2. The van der Waals surface area contributed by atoms with Crippen molar-refractivity contribution in [1.82, 2.24) is 9.97 Å². The molecule has 4 aliphatic rings. The number of halogens is 3. The minimum Gasteiger partial charge on any atom is -0.455 e. The lowest BCUT2D eigenvalue weighted by Gasteiger charge is -2.54. The van der Waals surface area contributed by atoms with Gasteiger partial charge < -0.3 is 14.7 Å². The molecule has 0 radical (unpaired) electrons. The average Bonchev–Trinajstić information content (AvgIpc) is 3.34. The number of aliphatic imine (C=N–C) groups is 1. The molecule has 4 nitrogen and oxygen atoms in total. The summed E-state index contributed by atoms with van der Waals surface area (Å²) >= 11 is 0. The van der Waals surface area contributed by atoms with Crippen molar-refractivity contribution in [2.45, 2.75) is 44.1 Å². The van der Waals surface area contributed by atoms with Gasteiger partial charge in [0.05, 0.1) is 16.9 Å². The first-order valence-corrected chi connectivity index (χ1v) is 11.1. The van der Waals surface area contributed by atoms with E-state index in [0.29, 0.717) is 11.4 Å². The minimum absolute atomic E-state index is 0. The van der Waals surface area contributed by atoms with Gasteiger partial charge in [0.15, 0.2) is 5.75 Å². The summed E-state index contributed by atoms with van der Waals surface area (Å²) in [5.74, 6) is 1.73. The van der Waals surface area contributed by atoms with Crippen LogP contribution in [0.1, 0.15) is 44.2 Å². The summed E-state index contributed by atoms with van der Waals surface area (Å²) in [5.41, 5.74) is 2.49. The number of nitrogens with zero attached hydrogens (tertiary/aromatic N) is 1. The second kappa shape index (κ2) is 8.07. The van der Waals surface area contributed by atoms with Gasteiger partial charge in [0.25, 0.3) is 0 Å². The smallest absolute Gasteiger partial charge is 0.154 e. The maximum absolute atomic E-state index is 13.7. The predicted octanol–water partition coefficient (Wildman–Crippen LogP) is 6.89. The van der Waals surface area contributed by atoms with Gasteiger partial charge in [0.2, 0.25) is 0 Å². The van der Waals surface area contributed by atoms with Crippen LogP contribution in [-0.4, -0.2) is 21.7 Å². The number of aromatic nitrogens is 2. The molecule has 2 N–H and O–H groups in total. The Morgan fingerprint density at radius 1 is 0.938 bits per heavy atom. The van der Waals surface area contributed by atoms with Gasteiger partial charge >= 0.3 is 0 Å². The van der Waals surface area contributed by atoms with Crippen molar-refractivity contribution in [2.75, 3.05) is 0 Å². The average molecular weight is 458 g/mol. The van der Waals surface area contributed by atoms with Gasteiger partial charge in [-0.25, -0.2) is 8.78 Å². The lowest BCUT2D eigenvalue weighted by molar-refractivity contribution is 0.00194. The van der Waals surface area contributed by atoms with E-state index in [1.54, 1.807) is 0 Å². The molecule has 168 valence electrons. The van der Waals surface area contributed by atoms with Crippen LogP contribution in [0.3, 0.4) is 0 Å². The molecule has 4 fully saturated rings. The Labute approximate surface area is 191 Å². The van der Waals surface area contributed by atoms with E-state index in [9.17, 15) is 8.78 Å². The second-order valence-electron chi connectivity index (χ2n) is 9.65. The summed E-state index contributed by atoms with van der Waals surface area (Å²) < 4.78 is 33.2. The van der Waals surface area contributed by atoms with E-state index >= 15 is 0 Å². The summed E-state index contributed by atoms with van der Waals surface area (Å²) in [6.07, 6.45) is 11.3. The number of ether oxygens (including phenoxy) is 1. The molecule has 3 aromatic rings. The van der Waals surface area contributed by atoms with E-state index in [0.717, 1.165) is 35.2 Å². The van der Waals surface area contributed by atoms with Gasteiger partial charge in [-0.1, -0.05) is 0 Å². The second-order valence-corrected chi connectivity index (χ2v) is 9.65. The monoisotopic (exact) mass is 457 g/mol. The molecule has 4 saturated carbocycles. The standard InChI is InChI=1S/C25H25F2N3O.ClH/c26-18-7-19(27)9-20(8-18)31-24-10-22(21-2-1-3-28-21)30-23(24)14-29-25-11-15-4-16(12-25)6-17(5-15)13-25;/h1-3,7-10,14-17,28,30H,4-6,11-13H2;1H. The molecule has 2 heterocycles. The normalized spacial score (nSPS) is 28.2. The van der Waals surface area contributed by atoms with Crippen molar-refractivity contribution in [1.29, 1.82) is 0 Å². The van der Waals surface area contributed by atoms with Gasteiger partial charge in [0, 0.05) is 36.7 Å². The van der Waals surface area contributed by atoms with Crippen LogP contribution in [-0.2, 0) is 0 Å². The molecule has 4 aliphatic carbocycles. The van der Waals surface area contributed by atoms with Crippen LogP contribution >= 0.6 is 12.4 Å². The number of aromatic amines is 2. The summed E-state index contributed by atoms with van der Waals surface area (Å²) in [7, 11) is 0. The Hall–Kier alpha value is -2.60. The van der Waals surface area contributed by atoms with E-state index in [1.165, 1.54) is 50.7 Å². The highest BCUT2D eigenvalue weighted by Gasteiger charge is 2.50. The van der Waals surface area contributed by atoms with Crippen LogP contribution in [0, 0.1) is 29.4 Å². The third kappa shape index (κ3) is 3.96. The van der Waals surface area contributed by atoms with E-state index < -0.39 is 11.6 Å². The fourth-order valence-electron chi connectivity index (χ4n) is 6.41. The molecule has 7 rings (SSSR count). The lowest BCUT2D eigenvalue weighted by atomic mass is 9.53. The van der Waals surface area contributed by atoms with Crippen LogP contribution < -0.4 is 4.74 Å². The molecule has 32 heavy (non-hydrogen) atoms. The number of nitrogens with one attached hydrogen (secondary N) is 2. The van der Waals surface area contributed by atoms with Crippen molar-refractivity contribution in [3.05, 3.63) is 59.9 Å². The first kappa shape index (κ1) is 21.3. The van der Waals surface area contributed by atoms with Crippen LogP contribution in [0.2, 0.25) is 0 Å². The Morgan fingerprint density at radius 2 is 1.59 bits per heavy atom. The van der Waals surface area contributed by atoms with Gasteiger partial charge in [-0.05, 0) is 68.4 Å². The molecule has 4 bridgehead atoms. The number of hydrogen-bond donors (Lipinski definition) is 2. The highest BCUT2D eigenvalue weighted by molar-refractivity contribution is 5.85. The fourth-order valence-corrected chi connectivity index (χ4v) is 6.41. The molecular weight excluding hydrogens is 432 g/mol. The summed E-state index contributed by atoms with van der Waals surface area (Å²) in [5, 5.41) is 0. The van der Waals surface area contributed by atoms with Crippen molar-refractivity contribution in [3.63, 3.8) is 0 Å². The van der Waals surface area contributed by atoms with Crippen molar-refractivity contribution in [2.24, 2.45) is 22.7 Å². The van der Waals surface area contributed by atoms with Gasteiger partial charge in [-0.3, -0.25) is 4.99 Å². The first-order valence-electron chi connectivity index (χ1n) is 11.1. The zero-order chi connectivity index (χ0) is 21.0. The zero-order valence-corrected chi connectivity index (χ0v) is 18.4. The molecule has 1 aromatic carbocycles.